The van der Waals surface area contributed by atoms with Gasteiger partial charge in [-0.25, -0.2) is 0 Å². The Kier molecular flexibility index (Phi) is 1.63. The van der Waals surface area contributed by atoms with Crippen LogP contribution in [0.2, 0.25) is 0 Å². The maximum Gasteiger partial charge on any atom is 0.170 e. The van der Waals surface area contributed by atoms with Crippen LogP contribution in [0.15, 0.2) is 30.5 Å². The number of anilines is 1. The third kappa shape index (κ3) is 1.21. The molecule has 12 heavy (non-hydrogen) atoms. The molecule has 0 spiro atoms. The summed E-state index contributed by atoms with van der Waals surface area (Å²) in [7, 11) is 0. The molecule has 0 saturated heterocycles. The van der Waals surface area contributed by atoms with Gasteiger partial charge in [-0.3, -0.25) is 0 Å². The van der Waals surface area contributed by atoms with Gasteiger partial charge in [-0.15, -0.1) is 0 Å². The van der Waals surface area contributed by atoms with Crippen molar-refractivity contribution in [2.75, 3.05) is 12.3 Å². The summed E-state index contributed by atoms with van der Waals surface area (Å²) < 4.78 is 10.6. The highest BCUT2D eigenvalue weighted by Crippen LogP contribution is 2.30. The van der Waals surface area contributed by atoms with Crippen molar-refractivity contribution in [3.8, 4) is 11.5 Å². The zero-order valence-electron chi connectivity index (χ0n) is 6.49. The third-order valence-corrected chi connectivity index (χ3v) is 1.59. The van der Waals surface area contributed by atoms with Crippen LogP contribution >= 0.6 is 0 Å². The molecule has 0 amide bonds. The van der Waals surface area contributed by atoms with Gasteiger partial charge in [0, 0.05) is 11.8 Å². The van der Waals surface area contributed by atoms with Crippen molar-refractivity contribution < 1.29 is 9.47 Å². The lowest BCUT2D eigenvalue weighted by Gasteiger charge is -2.06. The molecule has 1 aromatic rings. The molecular formula is C9H9NO2. The van der Waals surface area contributed by atoms with E-state index in [1.165, 1.54) is 0 Å². The van der Waals surface area contributed by atoms with Gasteiger partial charge < -0.3 is 15.2 Å². The molecule has 0 aromatic heterocycles. The first-order chi connectivity index (χ1) is 5.86. The molecule has 2 N–H and O–H groups in total. The molecule has 0 bridgehead atoms. The normalized spacial score (nSPS) is 14.0. The second-order valence-corrected chi connectivity index (χ2v) is 2.51. The van der Waals surface area contributed by atoms with Crippen molar-refractivity contribution >= 4 is 5.69 Å². The minimum Gasteiger partial charge on any atom is -0.485 e. The summed E-state index contributed by atoms with van der Waals surface area (Å²) >= 11 is 0. The Hall–Kier alpha value is -1.64. The van der Waals surface area contributed by atoms with E-state index < -0.39 is 0 Å². The van der Waals surface area contributed by atoms with Gasteiger partial charge in [0.2, 0.25) is 0 Å². The molecule has 2 rings (SSSR count). The fraction of sp³-hybridized carbons (Fsp3) is 0.111. The van der Waals surface area contributed by atoms with Crippen LogP contribution in [0.5, 0.6) is 11.5 Å². The fourth-order valence-electron chi connectivity index (χ4n) is 1.03. The van der Waals surface area contributed by atoms with Crippen LogP contribution in [0.3, 0.4) is 0 Å². The topological polar surface area (TPSA) is 44.5 Å². The van der Waals surface area contributed by atoms with Crippen molar-refractivity contribution in [2.24, 2.45) is 0 Å². The summed E-state index contributed by atoms with van der Waals surface area (Å²) in [5.41, 5.74) is 6.25. The smallest absolute Gasteiger partial charge is 0.170 e. The molecule has 3 nitrogen and oxygen atoms in total. The lowest BCUT2D eigenvalue weighted by molar-refractivity contribution is 0.356. The van der Waals surface area contributed by atoms with Crippen LogP contribution < -0.4 is 15.2 Å². The van der Waals surface area contributed by atoms with E-state index in [1.54, 1.807) is 30.5 Å². The zero-order chi connectivity index (χ0) is 8.39. The van der Waals surface area contributed by atoms with Gasteiger partial charge in [-0.2, -0.15) is 0 Å². The van der Waals surface area contributed by atoms with E-state index in [0.717, 1.165) is 5.75 Å². The monoisotopic (exact) mass is 163 g/mol. The number of benzene rings is 1. The number of hydrogen-bond acceptors (Lipinski definition) is 3. The third-order valence-electron chi connectivity index (χ3n) is 1.59. The van der Waals surface area contributed by atoms with Crippen LogP contribution in [-0.4, -0.2) is 6.61 Å². The zero-order valence-corrected chi connectivity index (χ0v) is 6.49. The number of nitrogen functional groups attached to an aromatic ring is 1. The van der Waals surface area contributed by atoms with Gasteiger partial charge in [0.25, 0.3) is 0 Å². The molecule has 1 aromatic carbocycles. The molecule has 62 valence electrons. The minimum atomic E-state index is 0.539. The minimum absolute atomic E-state index is 0.539. The highest BCUT2D eigenvalue weighted by Gasteiger charge is 2.06. The highest BCUT2D eigenvalue weighted by atomic mass is 16.5. The summed E-state index contributed by atoms with van der Waals surface area (Å²) in [4.78, 5) is 0. The Morgan fingerprint density at radius 3 is 3.08 bits per heavy atom. The van der Waals surface area contributed by atoms with E-state index >= 15 is 0 Å². The molecule has 1 aliphatic heterocycles. The predicted octanol–water partition coefficient (Wildman–Crippen LogP) is 1.55. The number of nitrogens with two attached hydrogens (primary N) is 1. The van der Waals surface area contributed by atoms with E-state index in [2.05, 4.69) is 0 Å². The summed E-state index contributed by atoms with van der Waals surface area (Å²) in [6.07, 6.45) is 3.40. The number of fused-ring (bicyclic) bond motifs is 1. The maximum absolute atomic E-state index is 5.57. The van der Waals surface area contributed by atoms with E-state index in [4.69, 9.17) is 15.2 Å². The van der Waals surface area contributed by atoms with Crippen molar-refractivity contribution in [3.05, 3.63) is 30.5 Å². The Balaban J connectivity index is 2.42. The molecule has 0 unspecified atom stereocenters. The summed E-state index contributed by atoms with van der Waals surface area (Å²) in [6.45, 7) is 0.539. The van der Waals surface area contributed by atoms with Crippen LogP contribution in [0.1, 0.15) is 0 Å². The number of hydrogen-bond donors (Lipinski definition) is 1. The van der Waals surface area contributed by atoms with Crippen molar-refractivity contribution in [1.29, 1.82) is 0 Å². The lowest BCUT2D eigenvalue weighted by Crippen LogP contribution is -1.92. The van der Waals surface area contributed by atoms with Crippen LogP contribution in [0.4, 0.5) is 5.69 Å². The second kappa shape index (κ2) is 2.77. The first-order valence-electron chi connectivity index (χ1n) is 3.70. The molecule has 0 radical (unpaired) electrons. The van der Waals surface area contributed by atoms with Gasteiger partial charge in [-0.1, -0.05) is 0 Å². The average molecular weight is 163 g/mol. The molecule has 3 heteroatoms. The lowest BCUT2D eigenvalue weighted by atomic mass is 10.3. The van der Waals surface area contributed by atoms with Crippen molar-refractivity contribution in [1.82, 2.24) is 0 Å². The van der Waals surface area contributed by atoms with Gasteiger partial charge in [0.1, 0.15) is 6.61 Å². The first kappa shape index (κ1) is 7.03. The van der Waals surface area contributed by atoms with Crippen molar-refractivity contribution in [3.63, 3.8) is 0 Å². The van der Waals surface area contributed by atoms with Crippen LogP contribution in [-0.2, 0) is 0 Å². The van der Waals surface area contributed by atoms with E-state index in [-0.39, 0.29) is 0 Å². The largest absolute Gasteiger partial charge is 0.485 e. The quantitative estimate of drug-likeness (QED) is 0.590. The van der Waals surface area contributed by atoms with Gasteiger partial charge >= 0.3 is 0 Å². The molecular weight excluding hydrogens is 154 g/mol. The average Bonchev–Trinajstić information content (AvgIpc) is 2.28. The van der Waals surface area contributed by atoms with Gasteiger partial charge in [0.05, 0.1) is 6.26 Å². The molecule has 0 aliphatic carbocycles. The first-order valence-corrected chi connectivity index (χ1v) is 3.70. The summed E-state index contributed by atoms with van der Waals surface area (Å²) in [5, 5.41) is 0. The Morgan fingerprint density at radius 1 is 1.25 bits per heavy atom. The standard InChI is InChI=1S/C9H9NO2/c10-7-2-3-8-9(6-7)12-5-1-4-11-8/h1-3,5-6H,4,10H2. The van der Waals surface area contributed by atoms with E-state index in [1.807, 2.05) is 0 Å². The highest BCUT2D eigenvalue weighted by molar-refractivity contribution is 5.52. The Morgan fingerprint density at radius 2 is 2.17 bits per heavy atom. The number of ether oxygens (including phenoxy) is 2. The molecule has 1 aliphatic rings. The van der Waals surface area contributed by atoms with Gasteiger partial charge in [-0.05, 0) is 18.2 Å². The fourth-order valence-corrected chi connectivity index (χ4v) is 1.03. The summed E-state index contributed by atoms with van der Waals surface area (Å²) in [5.74, 6) is 1.40. The van der Waals surface area contributed by atoms with Crippen molar-refractivity contribution in [2.45, 2.75) is 0 Å². The van der Waals surface area contributed by atoms with E-state index in [0.29, 0.717) is 18.0 Å². The Labute approximate surface area is 70.4 Å². The predicted molar refractivity (Wildman–Crippen MR) is 46.1 cm³/mol. The van der Waals surface area contributed by atoms with E-state index in [9.17, 15) is 0 Å². The summed E-state index contributed by atoms with van der Waals surface area (Å²) in [6, 6.07) is 5.33. The molecule has 0 saturated carbocycles. The number of rotatable bonds is 0. The van der Waals surface area contributed by atoms with Gasteiger partial charge in [0.15, 0.2) is 11.5 Å². The maximum atomic E-state index is 5.57. The van der Waals surface area contributed by atoms with Crippen LogP contribution in [0, 0.1) is 0 Å². The molecule has 0 atom stereocenters. The van der Waals surface area contributed by atoms with Crippen LogP contribution in [0.25, 0.3) is 0 Å². The SMILES string of the molecule is Nc1ccc2c(c1)OC=CCO2. The second-order valence-electron chi connectivity index (χ2n) is 2.51. The molecule has 0 fully saturated rings. The Bertz CT molecular complexity index is 320. The molecule has 1 heterocycles.